The third-order valence-electron chi connectivity index (χ3n) is 2.22. The first kappa shape index (κ1) is 14.8. The third-order valence-corrected chi connectivity index (χ3v) is 2.22. The molecule has 0 saturated carbocycles. The average molecular weight is 220 g/mol. The lowest BCUT2D eigenvalue weighted by molar-refractivity contribution is 0.539. The molecule has 90 valence electrons. The number of rotatable bonds is 7. The number of hydrogen-bond acceptors (Lipinski definition) is 2. The molecule has 0 aliphatic carbocycles. The van der Waals surface area contributed by atoms with E-state index >= 15 is 0 Å². The highest BCUT2D eigenvalue weighted by Crippen LogP contribution is 2.19. The lowest BCUT2D eigenvalue weighted by Gasteiger charge is -2.16. The Morgan fingerprint density at radius 2 is 1.12 bits per heavy atom. The highest BCUT2D eigenvalue weighted by molar-refractivity contribution is 5.68. The van der Waals surface area contributed by atoms with Crippen LogP contribution in [0.5, 0.6) is 0 Å². The molecule has 0 unspecified atom stereocenters. The normalized spacial score (nSPS) is 13.5. The summed E-state index contributed by atoms with van der Waals surface area (Å²) in [4.78, 5) is 0. The van der Waals surface area contributed by atoms with Crippen LogP contribution >= 0.6 is 0 Å². The number of hydrogen-bond donors (Lipinski definition) is 0. The van der Waals surface area contributed by atoms with Gasteiger partial charge in [-0.1, -0.05) is 39.8 Å². The monoisotopic (exact) mass is 220 g/mol. The van der Waals surface area contributed by atoms with Crippen LogP contribution in [0, 0.1) is 10.8 Å². The predicted octanol–water partition coefficient (Wildman–Crippen LogP) is 4.25. The van der Waals surface area contributed by atoms with E-state index in [0.29, 0.717) is 0 Å². The van der Waals surface area contributed by atoms with E-state index in [1.54, 1.807) is 0 Å². The molecule has 0 atom stereocenters. The fraction of sp³-hybridized carbons (Fsp3) is 0.571. The van der Waals surface area contributed by atoms with Gasteiger partial charge in [0.1, 0.15) is 0 Å². The fourth-order valence-corrected chi connectivity index (χ4v) is 1.23. The van der Waals surface area contributed by atoms with Crippen molar-refractivity contribution in [1.82, 2.24) is 0 Å². The minimum absolute atomic E-state index is 0.0294. The second-order valence-corrected chi connectivity index (χ2v) is 5.45. The Morgan fingerprint density at radius 3 is 1.38 bits per heavy atom. The minimum atomic E-state index is 0.0294. The molecule has 0 heterocycles. The van der Waals surface area contributed by atoms with Crippen LogP contribution in [0.2, 0.25) is 0 Å². The maximum atomic E-state index is 4.09. The zero-order chi connectivity index (χ0) is 12.7. The van der Waals surface area contributed by atoms with E-state index in [2.05, 4.69) is 51.1 Å². The zero-order valence-corrected chi connectivity index (χ0v) is 11.0. The first-order chi connectivity index (χ1) is 7.33. The van der Waals surface area contributed by atoms with Crippen LogP contribution in [0.15, 0.2) is 35.5 Å². The maximum absolute atomic E-state index is 4.09. The SMILES string of the molecule is C=CCC(C)(C)/C=N/N=C/C(C)(C)CC=C. The molecule has 0 saturated heterocycles. The predicted molar refractivity (Wildman–Crippen MR) is 74.2 cm³/mol. The molecular formula is C14H24N2. The summed E-state index contributed by atoms with van der Waals surface area (Å²) < 4.78 is 0. The molecule has 0 aromatic carbocycles. The van der Waals surface area contributed by atoms with E-state index in [1.165, 1.54) is 0 Å². The molecule has 2 nitrogen and oxygen atoms in total. The van der Waals surface area contributed by atoms with Gasteiger partial charge in [-0.2, -0.15) is 10.2 Å². The van der Waals surface area contributed by atoms with Gasteiger partial charge in [0.2, 0.25) is 0 Å². The second-order valence-electron chi connectivity index (χ2n) is 5.45. The van der Waals surface area contributed by atoms with Crippen LogP contribution in [-0.4, -0.2) is 12.4 Å². The Morgan fingerprint density at radius 1 is 0.812 bits per heavy atom. The van der Waals surface area contributed by atoms with Crippen molar-refractivity contribution in [2.75, 3.05) is 0 Å². The smallest absolute Gasteiger partial charge is 0.0329 e. The molecule has 16 heavy (non-hydrogen) atoms. The molecule has 0 aliphatic heterocycles. The van der Waals surface area contributed by atoms with Crippen LogP contribution in [0.25, 0.3) is 0 Å². The standard InChI is InChI=1S/C14H24N2/c1-7-9-13(3,4)11-15-16-12-14(5,6)10-8-2/h7-8,11-12H,1-2,9-10H2,3-6H3/b15-11+,16-12+. The van der Waals surface area contributed by atoms with E-state index in [9.17, 15) is 0 Å². The molecule has 0 aromatic heterocycles. The van der Waals surface area contributed by atoms with Crippen molar-refractivity contribution in [2.45, 2.75) is 40.5 Å². The molecule has 0 N–H and O–H groups in total. The zero-order valence-electron chi connectivity index (χ0n) is 11.0. The molecule has 0 spiro atoms. The molecule has 0 aromatic rings. The summed E-state index contributed by atoms with van der Waals surface area (Å²) in [7, 11) is 0. The molecule has 0 amide bonds. The van der Waals surface area contributed by atoms with Gasteiger partial charge in [-0.25, -0.2) is 0 Å². The second kappa shape index (κ2) is 6.41. The van der Waals surface area contributed by atoms with Crippen LogP contribution in [0.4, 0.5) is 0 Å². The minimum Gasteiger partial charge on any atom is -0.163 e. The molecule has 0 bridgehead atoms. The lowest BCUT2D eigenvalue weighted by atomic mass is 9.91. The fourth-order valence-electron chi connectivity index (χ4n) is 1.23. The summed E-state index contributed by atoms with van der Waals surface area (Å²) in [5, 5.41) is 8.18. The van der Waals surface area contributed by atoms with Gasteiger partial charge >= 0.3 is 0 Å². The molecular weight excluding hydrogens is 196 g/mol. The highest BCUT2D eigenvalue weighted by Gasteiger charge is 2.13. The summed E-state index contributed by atoms with van der Waals surface area (Å²) in [5.41, 5.74) is 0.0589. The Bertz CT molecular complexity index is 253. The number of nitrogens with zero attached hydrogens (tertiary/aromatic N) is 2. The van der Waals surface area contributed by atoms with Gasteiger partial charge in [0.15, 0.2) is 0 Å². The van der Waals surface area contributed by atoms with Gasteiger partial charge in [-0.3, -0.25) is 0 Å². The van der Waals surface area contributed by atoms with Gasteiger partial charge in [-0.15, -0.1) is 13.2 Å². The summed E-state index contributed by atoms with van der Waals surface area (Å²) in [6.07, 6.45) is 9.35. The van der Waals surface area contributed by atoms with Gasteiger partial charge in [0.25, 0.3) is 0 Å². The van der Waals surface area contributed by atoms with Crippen molar-refractivity contribution in [3.63, 3.8) is 0 Å². The molecule has 0 radical (unpaired) electrons. The van der Waals surface area contributed by atoms with Crippen molar-refractivity contribution in [3.05, 3.63) is 25.3 Å². The Balaban J connectivity index is 4.32. The van der Waals surface area contributed by atoms with Gasteiger partial charge in [0.05, 0.1) is 0 Å². The maximum Gasteiger partial charge on any atom is 0.0329 e. The largest absolute Gasteiger partial charge is 0.163 e. The summed E-state index contributed by atoms with van der Waals surface area (Å²) >= 11 is 0. The van der Waals surface area contributed by atoms with Gasteiger partial charge < -0.3 is 0 Å². The van der Waals surface area contributed by atoms with Gasteiger partial charge in [0, 0.05) is 23.3 Å². The summed E-state index contributed by atoms with van der Waals surface area (Å²) in [5.74, 6) is 0. The first-order valence-electron chi connectivity index (χ1n) is 5.63. The van der Waals surface area contributed by atoms with E-state index in [4.69, 9.17) is 0 Å². The average Bonchev–Trinajstić information content (AvgIpc) is 2.12. The molecule has 0 rings (SSSR count). The van der Waals surface area contributed by atoms with Crippen molar-refractivity contribution >= 4 is 12.4 Å². The van der Waals surface area contributed by atoms with Crippen LogP contribution in [0.3, 0.4) is 0 Å². The molecule has 0 aliphatic rings. The molecule has 0 fully saturated rings. The summed E-state index contributed by atoms with van der Waals surface area (Å²) in [6, 6.07) is 0. The Kier molecular flexibility index (Phi) is 5.94. The van der Waals surface area contributed by atoms with Crippen LogP contribution in [0.1, 0.15) is 40.5 Å². The topological polar surface area (TPSA) is 24.7 Å². The quantitative estimate of drug-likeness (QED) is 0.348. The van der Waals surface area contributed by atoms with Crippen LogP contribution in [-0.2, 0) is 0 Å². The van der Waals surface area contributed by atoms with Crippen molar-refractivity contribution in [2.24, 2.45) is 21.0 Å². The van der Waals surface area contributed by atoms with Crippen molar-refractivity contribution < 1.29 is 0 Å². The van der Waals surface area contributed by atoms with E-state index in [1.807, 2.05) is 24.6 Å². The van der Waals surface area contributed by atoms with Gasteiger partial charge in [-0.05, 0) is 12.8 Å². The van der Waals surface area contributed by atoms with Crippen molar-refractivity contribution in [1.29, 1.82) is 0 Å². The van der Waals surface area contributed by atoms with E-state index in [0.717, 1.165) is 12.8 Å². The third kappa shape index (κ3) is 7.16. The first-order valence-corrected chi connectivity index (χ1v) is 5.63. The van der Waals surface area contributed by atoms with Crippen LogP contribution < -0.4 is 0 Å². The molecule has 2 heteroatoms. The number of allylic oxidation sites excluding steroid dienone is 2. The van der Waals surface area contributed by atoms with E-state index in [-0.39, 0.29) is 10.8 Å². The summed E-state index contributed by atoms with van der Waals surface area (Å²) in [6.45, 7) is 15.9. The van der Waals surface area contributed by atoms with E-state index < -0.39 is 0 Å². The Hall–Kier alpha value is -1.18. The van der Waals surface area contributed by atoms with Crippen molar-refractivity contribution in [3.8, 4) is 0 Å². The Labute approximate surface area is 99.9 Å². The lowest BCUT2D eigenvalue weighted by Crippen LogP contribution is -2.12. The highest BCUT2D eigenvalue weighted by atomic mass is 15.2.